The molecule has 0 spiro atoms. The lowest BCUT2D eigenvalue weighted by Crippen LogP contribution is -2.01. The van der Waals surface area contributed by atoms with Gasteiger partial charge < -0.3 is 9.84 Å². The van der Waals surface area contributed by atoms with Crippen LogP contribution in [0.3, 0.4) is 0 Å². The number of allylic oxidation sites excluding steroid dienone is 1. The third-order valence-corrected chi connectivity index (χ3v) is 4.27. The number of aromatic hydroxyl groups is 1. The molecule has 0 atom stereocenters. The average Bonchev–Trinajstić information content (AvgIpc) is 3.08. The Hall–Kier alpha value is -4.01. The largest absolute Gasteiger partial charge is 0.500 e. The van der Waals surface area contributed by atoms with Gasteiger partial charge in [-0.25, -0.2) is 9.07 Å². The summed E-state index contributed by atoms with van der Waals surface area (Å²) in [5, 5.41) is 25.0. The number of hydrogen-bond donors (Lipinski definition) is 1. The van der Waals surface area contributed by atoms with Gasteiger partial charge >= 0.3 is 5.69 Å². The Morgan fingerprint density at radius 1 is 1.31 bits per heavy atom. The smallest absolute Gasteiger partial charge is 0.315 e. The van der Waals surface area contributed by atoms with E-state index in [0.717, 1.165) is 6.07 Å². The number of carbonyl (C=O) groups is 1. The number of nitro benzene ring substituents is 1. The third-order valence-electron chi connectivity index (χ3n) is 4.27. The molecule has 3 aromatic rings. The number of hydrogen-bond acceptors (Lipinski definition) is 6. The van der Waals surface area contributed by atoms with Gasteiger partial charge in [-0.05, 0) is 48.9 Å². The van der Waals surface area contributed by atoms with Crippen LogP contribution in [0.2, 0.25) is 0 Å². The summed E-state index contributed by atoms with van der Waals surface area (Å²) in [6, 6.07) is 8.19. The van der Waals surface area contributed by atoms with E-state index in [-0.39, 0.29) is 17.3 Å². The number of ketones is 1. The van der Waals surface area contributed by atoms with Gasteiger partial charge in [0.05, 0.1) is 35.2 Å². The fraction of sp³-hybridized carbons (Fsp3) is 0.100. The lowest BCUT2D eigenvalue weighted by Gasteiger charge is -2.05. The maximum atomic E-state index is 13.1. The first-order chi connectivity index (χ1) is 13.8. The Kier molecular flexibility index (Phi) is 5.40. The van der Waals surface area contributed by atoms with Crippen molar-refractivity contribution in [2.45, 2.75) is 6.92 Å². The average molecular weight is 397 g/mol. The summed E-state index contributed by atoms with van der Waals surface area (Å²) < 4.78 is 19.5. The molecular formula is C20H16FN3O5. The maximum Gasteiger partial charge on any atom is 0.315 e. The van der Waals surface area contributed by atoms with Crippen molar-refractivity contribution in [1.82, 2.24) is 9.78 Å². The molecule has 0 unspecified atom stereocenters. The Bertz CT molecular complexity index is 1120. The van der Waals surface area contributed by atoms with Crippen molar-refractivity contribution in [2.75, 3.05) is 7.11 Å². The second kappa shape index (κ2) is 7.93. The molecule has 0 aliphatic rings. The standard InChI is InChI=1S/C20H16FN3O5/c1-12-16(11-22-23(12)15-6-4-14(21)5-7-15)18(25)8-3-13-9-17(24(27)28)20(26)19(10-13)29-2/h3-11,26H,1-2H3. The molecule has 3 rings (SSSR count). The van der Waals surface area contributed by atoms with Gasteiger partial charge in [-0.1, -0.05) is 6.08 Å². The quantitative estimate of drug-likeness (QED) is 0.293. The van der Waals surface area contributed by atoms with Crippen LogP contribution in [0.15, 0.2) is 48.7 Å². The molecule has 0 amide bonds. The monoisotopic (exact) mass is 397 g/mol. The van der Waals surface area contributed by atoms with E-state index in [1.54, 1.807) is 19.1 Å². The lowest BCUT2D eigenvalue weighted by atomic mass is 10.1. The van der Waals surface area contributed by atoms with Gasteiger partial charge in [-0.2, -0.15) is 5.10 Å². The highest BCUT2D eigenvalue weighted by molar-refractivity contribution is 6.07. The fourth-order valence-electron chi connectivity index (χ4n) is 2.76. The molecule has 148 valence electrons. The number of phenolic OH excluding ortho intramolecular Hbond substituents is 1. The molecule has 0 saturated carbocycles. The van der Waals surface area contributed by atoms with E-state index in [2.05, 4.69) is 5.10 Å². The lowest BCUT2D eigenvalue weighted by molar-refractivity contribution is -0.386. The van der Waals surface area contributed by atoms with Crippen molar-refractivity contribution >= 4 is 17.5 Å². The van der Waals surface area contributed by atoms with Crippen molar-refractivity contribution in [1.29, 1.82) is 0 Å². The van der Waals surface area contributed by atoms with Crippen molar-refractivity contribution in [3.63, 3.8) is 0 Å². The highest BCUT2D eigenvalue weighted by Gasteiger charge is 2.19. The van der Waals surface area contributed by atoms with Gasteiger partial charge in [0.25, 0.3) is 0 Å². The molecule has 1 N–H and O–H groups in total. The molecule has 0 saturated heterocycles. The number of methoxy groups -OCH3 is 1. The summed E-state index contributed by atoms with van der Waals surface area (Å²) in [6.45, 7) is 1.70. The van der Waals surface area contributed by atoms with Gasteiger partial charge in [-0.15, -0.1) is 0 Å². The van der Waals surface area contributed by atoms with Crippen LogP contribution in [0.25, 0.3) is 11.8 Å². The number of nitro groups is 1. The summed E-state index contributed by atoms with van der Waals surface area (Å²) in [5.74, 6) is -1.41. The number of rotatable bonds is 6. The first-order valence-corrected chi connectivity index (χ1v) is 8.40. The Balaban J connectivity index is 1.89. The van der Waals surface area contributed by atoms with Crippen LogP contribution in [0.4, 0.5) is 10.1 Å². The summed E-state index contributed by atoms with van der Waals surface area (Å²) in [4.78, 5) is 22.9. The third kappa shape index (κ3) is 3.98. The molecule has 8 nitrogen and oxygen atoms in total. The van der Waals surface area contributed by atoms with E-state index in [1.165, 1.54) is 48.3 Å². The zero-order valence-corrected chi connectivity index (χ0v) is 15.5. The number of phenols is 1. The van der Waals surface area contributed by atoms with Crippen molar-refractivity contribution in [3.05, 3.63) is 81.4 Å². The molecule has 2 aromatic carbocycles. The summed E-state index contributed by atoms with van der Waals surface area (Å²) in [7, 11) is 1.27. The maximum absolute atomic E-state index is 13.1. The van der Waals surface area contributed by atoms with Gasteiger partial charge in [0.15, 0.2) is 11.5 Å². The van der Waals surface area contributed by atoms with Crippen LogP contribution in [0, 0.1) is 22.9 Å². The van der Waals surface area contributed by atoms with Gasteiger partial charge in [0.2, 0.25) is 5.75 Å². The van der Waals surface area contributed by atoms with Crippen LogP contribution in [-0.4, -0.2) is 32.7 Å². The highest BCUT2D eigenvalue weighted by Crippen LogP contribution is 2.37. The van der Waals surface area contributed by atoms with E-state index >= 15 is 0 Å². The molecule has 0 bridgehead atoms. The molecule has 9 heteroatoms. The molecule has 0 aliphatic carbocycles. The van der Waals surface area contributed by atoms with Gasteiger partial charge in [-0.3, -0.25) is 14.9 Å². The predicted molar refractivity (Wildman–Crippen MR) is 103 cm³/mol. The van der Waals surface area contributed by atoms with Crippen LogP contribution < -0.4 is 4.74 Å². The minimum Gasteiger partial charge on any atom is -0.500 e. The minimum absolute atomic E-state index is 0.0772. The van der Waals surface area contributed by atoms with E-state index in [1.807, 2.05) is 0 Å². The zero-order chi connectivity index (χ0) is 21.1. The minimum atomic E-state index is -0.742. The topological polar surface area (TPSA) is 107 Å². The van der Waals surface area contributed by atoms with E-state index in [0.29, 0.717) is 22.5 Å². The number of carbonyl (C=O) groups excluding carboxylic acids is 1. The first-order valence-electron chi connectivity index (χ1n) is 8.40. The van der Waals surface area contributed by atoms with Gasteiger partial charge in [0.1, 0.15) is 5.82 Å². The second-order valence-electron chi connectivity index (χ2n) is 6.08. The predicted octanol–water partition coefficient (Wildman–Crippen LogP) is 3.84. The number of benzene rings is 2. The van der Waals surface area contributed by atoms with Crippen molar-refractivity contribution < 1.29 is 24.0 Å². The summed E-state index contributed by atoms with van der Waals surface area (Å²) >= 11 is 0. The summed E-state index contributed by atoms with van der Waals surface area (Å²) in [6.07, 6.45) is 4.02. The highest BCUT2D eigenvalue weighted by atomic mass is 19.1. The number of aromatic nitrogens is 2. The van der Waals surface area contributed by atoms with Crippen LogP contribution >= 0.6 is 0 Å². The Morgan fingerprint density at radius 3 is 2.62 bits per heavy atom. The SMILES string of the molecule is COc1cc(C=CC(=O)c2cnn(-c3ccc(F)cc3)c2C)cc([N+](=O)[O-])c1O. The Morgan fingerprint density at radius 2 is 2.00 bits per heavy atom. The fourth-order valence-corrected chi connectivity index (χ4v) is 2.76. The normalized spacial score (nSPS) is 11.0. The number of halogens is 1. The van der Waals surface area contributed by atoms with Crippen LogP contribution in [0.5, 0.6) is 11.5 Å². The molecule has 0 aliphatic heterocycles. The van der Waals surface area contributed by atoms with Crippen molar-refractivity contribution in [3.8, 4) is 17.2 Å². The molecule has 0 radical (unpaired) electrons. The molecule has 0 fully saturated rings. The van der Waals surface area contributed by atoms with E-state index in [9.17, 15) is 24.4 Å². The number of nitrogens with zero attached hydrogens (tertiary/aromatic N) is 3. The molecular weight excluding hydrogens is 381 g/mol. The molecule has 1 heterocycles. The molecule has 1 aromatic heterocycles. The zero-order valence-electron chi connectivity index (χ0n) is 15.5. The Labute approximate surface area is 164 Å². The first kappa shape index (κ1) is 19.7. The van der Waals surface area contributed by atoms with Crippen molar-refractivity contribution in [2.24, 2.45) is 0 Å². The summed E-state index contributed by atoms with van der Waals surface area (Å²) in [5.41, 5.74) is 1.26. The van der Waals surface area contributed by atoms with Gasteiger partial charge in [0, 0.05) is 6.07 Å². The van der Waals surface area contributed by atoms with Crippen LogP contribution in [-0.2, 0) is 0 Å². The molecule has 29 heavy (non-hydrogen) atoms. The van der Waals surface area contributed by atoms with Crippen LogP contribution in [0.1, 0.15) is 21.6 Å². The van der Waals surface area contributed by atoms with E-state index in [4.69, 9.17) is 4.74 Å². The van der Waals surface area contributed by atoms with E-state index < -0.39 is 16.4 Å². The second-order valence-corrected chi connectivity index (χ2v) is 6.08. The number of ether oxygens (including phenoxy) is 1.